The highest BCUT2D eigenvalue weighted by Gasteiger charge is 2.18. The highest BCUT2D eigenvalue weighted by Crippen LogP contribution is 2.22. The number of thiophene rings is 1. The van der Waals surface area contributed by atoms with Crippen LogP contribution in [0.25, 0.3) is 0 Å². The van der Waals surface area contributed by atoms with E-state index in [2.05, 4.69) is 10.1 Å². The third-order valence-corrected chi connectivity index (χ3v) is 3.31. The second-order valence-electron chi connectivity index (χ2n) is 3.65. The van der Waals surface area contributed by atoms with Crippen molar-refractivity contribution in [2.75, 3.05) is 13.7 Å². The fraction of sp³-hybridized carbons (Fsp3) is 0.545. The predicted octanol–water partition coefficient (Wildman–Crippen LogP) is 1.29. The zero-order valence-electron chi connectivity index (χ0n) is 9.60. The molecule has 1 heterocycles. The zero-order valence-corrected chi connectivity index (χ0v) is 10.4. The second kappa shape index (κ2) is 6.62. The lowest BCUT2D eigenvalue weighted by Crippen LogP contribution is -2.36. The standard InChI is InChI=1S/C11H18N2O2S/c1-8(7-12)13-9(6-11(14)15-2)10-4-3-5-16-10/h3-5,8-9,13H,6-7,12H2,1-2H3. The molecule has 0 saturated heterocycles. The van der Waals surface area contributed by atoms with Gasteiger partial charge < -0.3 is 15.8 Å². The third-order valence-electron chi connectivity index (χ3n) is 2.32. The Hall–Kier alpha value is -0.910. The van der Waals surface area contributed by atoms with E-state index in [0.29, 0.717) is 13.0 Å². The summed E-state index contributed by atoms with van der Waals surface area (Å²) >= 11 is 1.62. The van der Waals surface area contributed by atoms with Crippen LogP contribution in [0.5, 0.6) is 0 Å². The molecular weight excluding hydrogens is 224 g/mol. The molecule has 1 aromatic heterocycles. The van der Waals surface area contributed by atoms with Crippen LogP contribution in [-0.2, 0) is 9.53 Å². The van der Waals surface area contributed by atoms with E-state index >= 15 is 0 Å². The third kappa shape index (κ3) is 3.92. The van der Waals surface area contributed by atoms with Gasteiger partial charge in [0.2, 0.25) is 0 Å². The first-order chi connectivity index (χ1) is 7.67. The van der Waals surface area contributed by atoms with E-state index in [-0.39, 0.29) is 18.1 Å². The van der Waals surface area contributed by atoms with Gasteiger partial charge in [-0.2, -0.15) is 0 Å². The molecule has 90 valence electrons. The summed E-state index contributed by atoms with van der Waals surface area (Å²) < 4.78 is 4.69. The summed E-state index contributed by atoms with van der Waals surface area (Å²) in [4.78, 5) is 12.4. The first-order valence-electron chi connectivity index (χ1n) is 5.23. The lowest BCUT2D eigenvalue weighted by Gasteiger charge is -2.20. The van der Waals surface area contributed by atoms with Crippen LogP contribution in [0.1, 0.15) is 24.3 Å². The molecule has 0 bridgehead atoms. The van der Waals surface area contributed by atoms with Crippen LogP contribution in [0.3, 0.4) is 0 Å². The highest BCUT2D eigenvalue weighted by atomic mass is 32.1. The maximum Gasteiger partial charge on any atom is 0.307 e. The smallest absolute Gasteiger partial charge is 0.307 e. The van der Waals surface area contributed by atoms with Gasteiger partial charge in [-0.25, -0.2) is 0 Å². The number of carbonyl (C=O) groups excluding carboxylic acids is 1. The van der Waals surface area contributed by atoms with E-state index in [9.17, 15) is 4.79 Å². The first-order valence-corrected chi connectivity index (χ1v) is 6.11. The van der Waals surface area contributed by atoms with Gasteiger partial charge in [0.25, 0.3) is 0 Å². The summed E-state index contributed by atoms with van der Waals surface area (Å²) in [5.74, 6) is -0.213. The highest BCUT2D eigenvalue weighted by molar-refractivity contribution is 7.10. The van der Waals surface area contributed by atoms with Gasteiger partial charge in [-0.05, 0) is 18.4 Å². The minimum Gasteiger partial charge on any atom is -0.469 e. The van der Waals surface area contributed by atoms with Crippen LogP contribution < -0.4 is 11.1 Å². The van der Waals surface area contributed by atoms with Crippen molar-refractivity contribution in [1.29, 1.82) is 0 Å². The number of nitrogens with one attached hydrogen (secondary N) is 1. The number of hydrogen-bond acceptors (Lipinski definition) is 5. The summed E-state index contributed by atoms with van der Waals surface area (Å²) in [5, 5.41) is 5.31. The monoisotopic (exact) mass is 242 g/mol. The SMILES string of the molecule is COC(=O)CC(NC(C)CN)c1cccs1. The van der Waals surface area contributed by atoms with Crippen molar-refractivity contribution < 1.29 is 9.53 Å². The molecule has 1 aromatic rings. The molecule has 3 N–H and O–H groups in total. The van der Waals surface area contributed by atoms with E-state index in [1.165, 1.54) is 7.11 Å². The molecule has 0 radical (unpaired) electrons. The Morgan fingerprint density at radius 3 is 2.94 bits per heavy atom. The van der Waals surface area contributed by atoms with Gasteiger partial charge in [-0.15, -0.1) is 11.3 Å². The van der Waals surface area contributed by atoms with E-state index in [0.717, 1.165) is 4.88 Å². The Balaban J connectivity index is 2.66. The van der Waals surface area contributed by atoms with Gasteiger partial charge in [-0.3, -0.25) is 4.79 Å². The quantitative estimate of drug-likeness (QED) is 0.738. The molecule has 0 amide bonds. The topological polar surface area (TPSA) is 64.3 Å². The fourth-order valence-corrected chi connectivity index (χ4v) is 2.18. The molecule has 1 rings (SSSR count). The van der Waals surface area contributed by atoms with E-state index in [4.69, 9.17) is 5.73 Å². The normalized spacial score (nSPS) is 14.4. The summed E-state index contributed by atoms with van der Waals surface area (Å²) in [6, 6.07) is 4.15. The van der Waals surface area contributed by atoms with E-state index in [1.807, 2.05) is 24.4 Å². The van der Waals surface area contributed by atoms with Crippen LogP contribution in [0.15, 0.2) is 17.5 Å². The largest absolute Gasteiger partial charge is 0.469 e. The van der Waals surface area contributed by atoms with Gasteiger partial charge in [0.05, 0.1) is 19.6 Å². The number of rotatable bonds is 6. The number of ether oxygens (including phenoxy) is 1. The van der Waals surface area contributed by atoms with E-state index in [1.54, 1.807) is 11.3 Å². The molecule has 0 aliphatic rings. The molecule has 0 aliphatic carbocycles. The van der Waals surface area contributed by atoms with Crippen LogP contribution >= 0.6 is 11.3 Å². The first kappa shape index (κ1) is 13.2. The molecule has 0 aromatic carbocycles. The van der Waals surface area contributed by atoms with Crippen LogP contribution in [0, 0.1) is 0 Å². The molecule has 0 fully saturated rings. The molecule has 2 atom stereocenters. The Morgan fingerprint density at radius 1 is 1.69 bits per heavy atom. The summed E-state index contributed by atoms with van der Waals surface area (Å²) in [6.07, 6.45) is 0.335. The van der Waals surface area contributed by atoms with E-state index < -0.39 is 0 Å². The number of methoxy groups -OCH3 is 1. The van der Waals surface area contributed by atoms with Crippen molar-refractivity contribution in [2.45, 2.75) is 25.4 Å². The molecular formula is C11H18N2O2S. The maximum absolute atomic E-state index is 11.3. The predicted molar refractivity (Wildman–Crippen MR) is 65.3 cm³/mol. The average Bonchev–Trinajstić information content (AvgIpc) is 2.81. The van der Waals surface area contributed by atoms with Crippen molar-refractivity contribution in [1.82, 2.24) is 5.32 Å². The van der Waals surface area contributed by atoms with Gasteiger partial charge >= 0.3 is 5.97 Å². The average molecular weight is 242 g/mol. The number of hydrogen-bond donors (Lipinski definition) is 2. The van der Waals surface area contributed by atoms with Crippen LogP contribution in [0.2, 0.25) is 0 Å². The van der Waals surface area contributed by atoms with Crippen LogP contribution in [-0.4, -0.2) is 25.7 Å². The Kier molecular flexibility index (Phi) is 5.45. The molecule has 2 unspecified atom stereocenters. The summed E-state index contributed by atoms with van der Waals surface area (Å²) in [5.41, 5.74) is 5.56. The molecule has 4 nitrogen and oxygen atoms in total. The van der Waals surface area contributed by atoms with Crippen molar-refractivity contribution in [3.63, 3.8) is 0 Å². The Labute approximate surface area is 99.8 Å². The number of carbonyl (C=O) groups is 1. The minimum absolute atomic E-state index is 0.00833. The zero-order chi connectivity index (χ0) is 12.0. The molecule has 5 heteroatoms. The second-order valence-corrected chi connectivity index (χ2v) is 4.63. The van der Waals surface area contributed by atoms with Crippen molar-refractivity contribution >= 4 is 17.3 Å². The van der Waals surface area contributed by atoms with Gasteiger partial charge in [-0.1, -0.05) is 6.07 Å². The lowest BCUT2D eigenvalue weighted by atomic mass is 10.1. The molecule has 0 aliphatic heterocycles. The summed E-state index contributed by atoms with van der Waals surface area (Å²) in [7, 11) is 1.40. The number of esters is 1. The van der Waals surface area contributed by atoms with Gasteiger partial charge in [0, 0.05) is 17.5 Å². The maximum atomic E-state index is 11.3. The van der Waals surface area contributed by atoms with Gasteiger partial charge in [0.1, 0.15) is 0 Å². The van der Waals surface area contributed by atoms with Crippen molar-refractivity contribution in [3.8, 4) is 0 Å². The molecule has 0 spiro atoms. The van der Waals surface area contributed by atoms with Gasteiger partial charge in [0.15, 0.2) is 0 Å². The molecule has 0 saturated carbocycles. The summed E-state index contributed by atoms with van der Waals surface area (Å²) in [6.45, 7) is 2.54. The van der Waals surface area contributed by atoms with Crippen LogP contribution in [0.4, 0.5) is 0 Å². The Morgan fingerprint density at radius 2 is 2.44 bits per heavy atom. The minimum atomic E-state index is -0.213. The fourth-order valence-electron chi connectivity index (χ4n) is 1.39. The molecule has 16 heavy (non-hydrogen) atoms. The Bertz CT molecular complexity index is 314. The number of nitrogens with two attached hydrogens (primary N) is 1. The van der Waals surface area contributed by atoms with Crippen molar-refractivity contribution in [3.05, 3.63) is 22.4 Å². The van der Waals surface area contributed by atoms with Crippen molar-refractivity contribution in [2.24, 2.45) is 5.73 Å². The lowest BCUT2D eigenvalue weighted by molar-refractivity contribution is -0.141.